The van der Waals surface area contributed by atoms with Crippen molar-refractivity contribution in [3.8, 4) is 5.69 Å². The maximum atomic E-state index is 12.1. The van der Waals surface area contributed by atoms with Gasteiger partial charge in [-0.1, -0.05) is 0 Å². The van der Waals surface area contributed by atoms with Gasteiger partial charge >= 0.3 is 11.2 Å². The summed E-state index contributed by atoms with van der Waals surface area (Å²) in [5.74, 6) is 0. The number of rotatable bonds is 7. The molecule has 23 heavy (non-hydrogen) atoms. The molecule has 7 nitrogen and oxygen atoms in total. The third-order valence-electron chi connectivity index (χ3n) is 3.56. The van der Waals surface area contributed by atoms with E-state index in [2.05, 4.69) is 11.8 Å². The van der Waals surface area contributed by atoms with Crippen LogP contribution in [0.1, 0.15) is 6.92 Å². The Balaban J connectivity index is 2.31. The average Bonchev–Trinajstić information content (AvgIpc) is 2.56. The number of likely N-dealkylation sites (N-methyl/N-ethyl adjacent to an activating group) is 1. The van der Waals surface area contributed by atoms with E-state index in [1.54, 1.807) is 19.2 Å². The third-order valence-corrected chi connectivity index (χ3v) is 3.56. The van der Waals surface area contributed by atoms with E-state index in [0.717, 1.165) is 18.8 Å². The zero-order chi connectivity index (χ0) is 16.8. The highest BCUT2D eigenvalue weighted by Crippen LogP contribution is 2.17. The van der Waals surface area contributed by atoms with Crippen LogP contribution in [-0.2, 0) is 4.74 Å². The van der Waals surface area contributed by atoms with Crippen molar-refractivity contribution >= 4 is 11.4 Å². The number of aromatic nitrogens is 1. The highest BCUT2D eigenvalue weighted by atomic mass is 16.6. The molecule has 0 saturated heterocycles. The molecular formula is C16H19N3O4. The molecule has 1 aromatic heterocycles. The van der Waals surface area contributed by atoms with Gasteiger partial charge in [0.25, 0.3) is 0 Å². The van der Waals surface area contributed by atoms with E-state index < -0.39 is 16.2 Å². The molecule has 122 valence electrons. The summed E-state index contributed by atoms with van der Waals surface area (Å²) in [6.45, 7) is 4.27. The lowest BCUT2D eigenvalue weighted by Crippen LogP contribution is -2.26. The summed E-state index contributed by atoms with van der Waals surface area (Å²) in [5.41, 5.74) is 0.515. The maximum absolute atomic E-state index is 12.1. The van der Waals surface area contributed by atoms with Gasteiger partial charge < -0.3 is 9.64 Å². The van der Waals surface area contributed by atoms with Gasteiger partial charge in [-0.25, -0.2) is 0 Å². The molecule has 0 amide bonds. The Morgan fingerprint density at radius 2 is 1.96 bits per heavy atom. The maximum Gasteiger partial charge on any atom is 0.334 e. The van der Waals surface area contributed by atoms with Gasteiger partial charge in [0, 0.05) is 43.8 Å². The largest absolute Gasteiger partial charge is 0.383 e. The van der Waals surface area contributed by atoms with Gasteiger partial charge in [0.05, 0.1) is 11.5 Å². The number of nitro groups is 1. The minimum atomic E-state index is -0.670. The van der Waals surface area contributed by atoms with Gasteiger partial charge in [0.15, 0.2) is 0 Å². The van der Waals surface area contributed by atoms with Crippen molar-refractivity contribution in [2.75, 3.05) is 31.7 Å². The van der Waals surface area contributed by atoms with E-state index in [1.807, 2.05) is 12.1 Å². The van der Waals surface area contributed by atoms with Crippen molar-refractivity contribution in [2.45, 2.75) is 6.92 Å². The van der Waals surface area contributed by atoms with E-state index in [-0.39, 0.29) is 0 Å². The second kappa shape index (κ2) is 7.55. The molecule has 0 atom stereocenters. The Morgan fingerprint density at radius 3 is 2.52 bits per heavy atom. The Kier molecular flexibility index (Phi) is 5.48. The summed E-state index contributed by atoms with van der Waals surface area (Å²) in [5, 5.41) is 10.9. The van der Waals surface area contributed by atoms with Crippen LogP contribution in [0.4, 0.5) is 11.4 Å². The number of methoxy groups -OCH3 is 1. The molecule has 0 radical (unpaired) electrons. The van der Waals surface area contributed by atoms with Crippen LogP contribution in [0.3, 0.4) is 0 Å². The SMILES string of the molecule is CCN(CCOC)c1ccc(-n2cccc([N+](=O)[O-])c2=O)cc1. The standard InChI is InChI=1S/C16H19N3O4/c1-3-17(11-12-23-2)13-6-8-14(9-7-13)18-10-4-5-15(16(18)20)19(21)22/h4-10H,3,11-12H2,1-2H3. The van der Waals surface area contributed by atoms with Gasteiger partial charge in [-0.15, -0.1) is 0 Å². The summed E-state index contributed by atoms with van der Waals surface area (Å²) in [6, 6.07) is 10.0. The number of hydrogen-bond acceptors (Lipinski definition) is 5. The van der Waals surface area contributed by atoms with Crippen molar-refractivity contribution in [1.82, 2.24) is 4.57 Å². The minimum absolute atomic E-state index is 0.438. The molecule has 0 saturated carbocycles. The number of benzene rings is 1. The monoisotopic (exact) mass is 317 g/mol. The summed E-state index contributed by atoms with van der Waals surface area (Å²) in [4.78, 5) is 24.5. The lowest BCUT2D eigenvalue weighted by atomic mass is 10.2. The van der Waals surface area contributed by atoms with E-state index in [9.17, 15) is 14.9 Å². The molecule has 0 unspecified atom stereocenters. The summed E-state index contributed by atoms with van der Waals surface area (Å²) < 4.78 is 6.36. The molecule has 1 aromatic carbocycles. The van der Waals surface area contributed by atoms with Gasteiger partial charge in [0.2, 0.25) is 0 Å². The van der Waals surface area contributed by atoms with Crippen molar-refractivity contribution < 1.29 is 9.66 Å². The van der Waals surface area contributed by atoms with Gasteiger partial charge in [-0.3, -0.25) is 19.5 Å². The number of ether oxygens (including phenoxy) is 1. The average molecular weight is 317 g/mol. The van der Waals surface area contributed by atoms with Crippen molar-refractivity contribution in [2.24, 2.45) is 0 Å². The van der Waals surface area contributed by atoms with Crippen LogP contribution in [0.2, 0.25) is 0 Å². The predicted octanol–water partition coefficient (Wildman–Crippen LogP) is 2.22. The van der Waals surface area contributed by atoms with Crippen LogP contribution < -0.4 is 10.5 Å². The first kappa shape index (κ1) is 16.7. The molecule has 0 N–H and O–H groups in total. The van der Waals surface area contributed by atoms with Gasteiger partial charge in [0.1, 0.15) is 0 Å². The van der Waals surface area contributed by atoms with Gasteiger partial charge in [-0.2, -0.15) is 0 Å². The highest BCUT2D eigenvalue weighted by Gasteiger charge is 2.14. The second-order valence-corrected chi connectivity index (χ2v) is 4.91. The molecule has 0 aliphatic rings. The minimum Gasteiger partial charge on any atom is -0.383 e. The Labute approximate surface area is 133 Å². The molecule has 0 aliphatic carbocycles. The lowest BCUT2D eigenvalue weighted by Gasteiger charge is -2.23. The molecule has 2 aromatic rings. The molecule has 2 rings (SSSR count). The molecule has 1 heterocycles. The van der Waals surface area contributed by atoms with Crippen LogP contribution in [0.5, 0.6) is 0 Å². The Morgan fingerprint density at radius 1 is 1.26 bits per heavy atom. The lowest BCUT2D eigenvalue weighted by molar-refractivity contribution is -0.386. The molecular weight excluding hydrogens is 298 g/mol. The molecule has 0 aliphatic heterocycles. The smallest absolute Gasteiger partial charge is 0.334 e. The number of nitrogens with zero attached hydrogens (tertiary/aromatic N) is 3. The molecule has 7 heteroatoms. The zero-order valence-electron chi connectivity index (χ0n) is 13.1. The fourth-order valence-electron chi connectivity index (χ4n) is 2.32. The van der Waals surface area contributed by atoms with E-state index in [1.165, 1.54) is 22.9 Å². The van der Waals surface area contributed by atoms with Crippen LogP contribution in [0.25, 0.3) is 5.69 Å². The van der Waals surface area contributed by atoms with E-state index in [4.69, 9.17) is 4.74 Å². The molecule has 0 spiro atoms. The third kappa shape index (κ3) is 3.75. The van der Waals surface area contributed by atoms with Crippen molar-refractivity contribution in [3.05, 3.63) is 63.1 Å². The Bertz CT molecular complexity index is 725. The van der Waals surface area contributed by atoms with E-state index >= 15 is 0 Å². The topological polar surface area (TPSA) is 77.6 Å². The molecule has 0 fully saturated rings. The summed E-state index contributed by atoms with van der Waals surface area (Å²) in [6.07, 6.45) is 1.52. The first-order valence-electron chi connectivity index (χ1n) is 7.29. The van der Waals surface area contributed by atoms with Crippen molar-refractivity contribution in [1.29, 1.82) is 0 Å². The normalized spacial score (nSPS) is 10.5. The van der Waals surface area contributed by atoms with Crippen molar-refractivity contribution in [3.63, 3.8) is 0 Å². The fourth-order valence-corrected chi connectivity index (χ4v) is 2.32. The highest BCUT2D eigenvalue weighted by molar-refractivity contribution is 5.51. The second-order valence-electron chi connectivity index (χ2n) is 4.91. The van der Waals surface area contributed by atoms with Crippen LogP contribution in [0, 0.1) is 10.1 Å². The van der Waals surface area contributed by atoms with Gasteiger partial charge in [-0.05, 0) is 37.3 Å². The number of hydrogen-bond donors (Lipinski definition) is 0. The summed E-state index contributed by atoms with van der Waals surface area (Å²) in [7, 11) is 1.66. The number of pyridine rings is 1. The fraction of sp³-hybridized carbons (Fsp3) is 0.312. The zero-order valence-corrected chi connectivity index (χ0v) is 13.1. The number of anilines is 1. The summed E-state index contributed by atoms with van der Waals surface area (Å²) >= 11 is 0. The van der Waals surface area contributed by atoms with Crippen LogP contribution >= 0.6 is 0 Å². The molecule has 0 bridgehead atoms. The Hall–Kier alpha value is -2.67. The van der Waals surface area contributed by atoms with Crippen LogP contribution in [-0.4, -0.2) is 36.3 Å². The van der Waals surface area contributed by atoms with Crippen LogP contribution in [0.15, 0.2) is 47.4 Å². The quantitative estimate of drug-likeness (QED) is 0.578. The first-order valence-corrected chi connectivity index (χ1v) is 7.29. The first-order chi connectivity index (χ1) is 11.1. The predicted molar refractivity (Wildman–Crippen MR) is 88.5 cm³/mol. The van der Waals surface area contributed by atoms with E-state index in [0.29, 0.717) is 12.3 Å².